The summed E-state index contributed by atoms with van der Waals surface area (Å²) in [6.07, 6.45) is 3.14. The first-order valence-electron chi connectivity index (χ1n) is 3.91. The van der Waals surface area contributed by atoms with Gasteiger partial charge in [0.15, 0.2) is 0 Å². The van der Waals surface area contributed by atoms with E-state index in [1.807, 2.05) is 13.8 Å². The smallest absolute Gasteiger partial charge is 0.264 e. The van der Waals surface area contributed by atoms with Gasteiger partial charge in [0, 0.05) is 5.92 Å². The van der Waals surface area contributed by atoms with Crippen molar-refractivity contribution in [1.29, 1.82) is 0 Å². The second-order valence-corrected chi connectivity index (χ2v) is 4.44. The summed E-state index contributed by atoms with van der Waals surface area (Å²) < 4.78 is 26.4. The van der Waals surface area contributed by atoms with Crippen molar-refractivity contribution in [2.45, 2.75) is 26.4 Å². The third kappa shape index (κ3) is 4.51. The van der Waals surface area contributed by atoms with Crippen molar-refractivity contribution in [1.82, 2.24) is 0 Å². The molecule has 0 unspecified atom stereocenters. The summed E-state index contributed by atoms with van der Waals surface area (Å²) >= 11 is 0. The Bertz CT molecular complexity index is 231. The standard InChI is InChI=1S/C8H16O3S/c1-5-7(3)8(6-2)11-12(4,9)10/h5,7-8H,1,6H2,2-4H3/t7-,8-/m0/s1. The van der Waals surface area contributed by atoms with Gasteiger partial charge in [-0.15, -0.1) is 6.58 Å². The summed E-state index contributed by atoms with van der Waals surface area (Å²) in [5, 5.41) is 0. The number of rotatable bonds is 5. The molecule has 72 valence electrons. The van der Waals surface area contributed by atoms with Crippen LogP contribution in [0.15, 0.2) is 12.7 Å². The molecule has 0 aliphatic rings. The van der Waals surface area contributed by atoms with E-state index in [2.05, 4.69) is 6.58 Å². The van der Waals surface area contributed by atoms with E-state index < -0.39 is 10.1 Å². The third-order valence-electron chi connectivity index (χ3n) is 1.66. The molecule has 0 amide bonds. The van der Waals surface area contributed by atoms with Crippen molar-refractivity contribution in [2.24, 2.45) is 5.92 Å². The summed E-state index contributed by atoms with van der Waals surface area (Å²) in [4.78, 5) is 0. The molecule has 0 heterocycles. The summed E-state index contributed by atoms with van der Waals surface area (Å²) in [6.45, 7) is 7.35. The molecule has 12 heavy (non-hydrogen) atoms. The van der Waals surface area contributed by atoms with Crippen LogP contribution in [0.25, 0.3) is 0 Å². The molecule has 0 saturated carbocycles. The fraction of sp³-hybridized carbons (Fsp3) is 0.750. The van der Waals surface area contributed by atoms with Gasteiger partial charge in [-0.1, -0.05) is 19.9 Å². The van der Waals surface area contributed by atoms with Gasteiger partial charge in [-0.25, -0.2) is 0 Å². The van der Waals surface area contributed by atoms with Gasteiger partial charge < -0.3 is 0 Å². The van der Waals surface area contributed by atoms with Crippen molar-refractivity contribution in [3.05, 3.63) is 12.7 Å². The zero-order chi connectivity index (χ0) is 9.78. The van der Waals surface area contributed by atoms with Crippen LogP contribution in [-0.4, -0.2) is 20.8 Å². The molecule has 0 fully saturated rings. The van der Waals surface area contributed by atoms with E-state index in [1.54, 1.807) is 6.08 Å². The maximum absolute atomic E-state index is 10.8. The Morgan fingerprint density at radius 2 is 2.08 bits per heavy atom. The average molecular weight is 192 g/mol. The Kier molecular flexibility index (Phi) is 4.49. The van der Waals surface area contributed by atoms with Gasteiger partial charge in [-0.3, -0.25) is 4.18 Å². The highest BCUT2D eigenvalue weighted by Crippen LogP contribution is 2.13. The van der Waals surface area contributed by atoms with Crippen LogP contribution in [0.1, 0.15) is 20.3 Å². The second kappa shape index (κ2) is 4.62. The maximum Gasteiger partial charge on any atom is 0.264 e. The van der Waals surface area contributed by atoms with Crippen molar-refractivity contribution < 1.29 is 12.6 Å². The van der Waals surface area contributed by atoms with Crippen LogP contribution >= 0.6 is 0 Å². The molecular formula is C8H16O3S. The Morgan fingerprint density at radius 3 is 2.33 bits per heavy atom. The summed E-state index contributed by atoms with van der Waals surface area (Å²) in [7, 11) is -3.34. The molecule has 0 saturated heterocycles. The zero-order valence-corrected chi connectivity index (χ0v) is 8.60. The lowest BCUT2D eigenvalue weighted by atomic mass is 10.0. The summed E-state index contributed by atoms with van der Waals surface area (Å²) in [5.41, 5.74) is 0. The Morgan fingerprint density at radius 1 is 1.58 bits per heavy atom. The first-order chi connectivity index (χ1) is 5.40. The van der Waals surface area contributed by atoms with Crippen LogP contribution < -0.4 is 0 Å². The van der Waals surface area contributed by atoms with Crippen molar-refractivity contribution in [2.75, 3.05) is 6.26 Å². The molecular weight excluding hydrogens is 176 g/mol. The fourth-order valence-corrected chi connectivity index (χ4v) is 1.66. The molecule has 0 aromatic carbocycles. The monoisotopic (exact) mass is 192 g/mol. The second-order valence-electron chi connectivity index (χ2n) is 2.84. The lowest BCUT2D eigenvalue weighted by Gasteiger charge is -2.18. The van der Waals surface area contributed by atoms with Crippen LogP contribution in [0.3, 0.4) is 0 Å². The van der Waals surface area contributed by atoms with E-state index in [9.17, 15) is 8.42 Å². The summed E-state index contributed by atoms with van der Waals surface area (Å²) in [6, 6.07) is 0. The molecule has 0 bridgehead atoms. The zero-order valence-electron chi connectivity index (χ0n) is 7.78. The highest BCUT2D eigenvalue weighted by molar-refractivity contribution is 7.86. The molecule has 0 aliphatic carbocycles. The van der Waals surface area contributed by atoms with Crippen LogP contribution in [0.5, 0.6) is 0 Å². The van der Waals surface area contributed by atoms with Gasteiger partial charge in [0.05, 0.1) is 12.4 Å². The van der Waals surface area contributed by atoms with Gasteiger partial charge in [-0.05, 0) is 6.42 Å². The van der Waals surface area contributed by atoms with Gasteiger partial charge in [0.2, 0.25) is 0 Å². The highest BCUT2D eigenvalue weighted by Gasteiger charge is 2.17. The normalized spacial score (nSPS) is 16.9. The van der Waals surface area contributed by atoms with E-state index >= 15 is 0 Å². The SMILES string of the molecule is C=C[C@H](C)[C@H](CC)OS(C)(=O)=O. The molecule has 0 radical (unpaired) electrons. The maximum atomic E-state index is 10.8. The van der Waals surface area contributed by atoms with E-state index in [1.165, 1.54) is 0 Å². The minimum atomic E-state index is -3.34. The molecule has 4 heteroatoms. The molecule has 0 aromatic heterocycles. The molecule has 0 N–H and O–H groups in total. The first-order valence-corrected chi connectivity index (χ1v) is 5.73. The van der Waals surface area contributed by atoms with Crippen molar-refractivity contribution in [3.8, 4) is 0 Å². The predicted molar refractivity (Wildman–Crippen MR) is 49.4 cm³/mol. The van der Waals surface area contributed by atoms with E-state index in [0.717, 1.165) is 6.26 Å². The first kappa shape index (κ1) is 11.6. The minimum Gasteiger partial charge on any atom is -0.266 e. The fourth-order valence-electron chi connectivity index (χ4n) is 0.904. The topological polar surface area (TPSA) is 43.4 Å². The predicted octanol–water partition coefficient (Wildman–Crippen LogP) is 1.56. The average Bonchev–Trinajstić information content (AvgIpc) is 1.97. The third-order valence-corrected chi connectivity index (χ3v) is 2.26. The lowest BCUT2D eigenvalue weighted by Crippen LogP contribution is -2.22. The molecule has 0 spiro atoms. The number of hydrogen-bond acceptors (Lipinski definition) is 3. The van der Waals surface area contributed by atoms with E-state index in [-0.39, 0.29) is 12.0 Å². The van der Waals surface area contributed by atoms with Crippen LogP contribution in [0.2, 0.25) is 0 Å². The van der Waals surface area contributed by atoms with Crippen molar-refractivity contribution in [3.63, 3.8) is 0 Å². The highest BCUT2D eigenvalue weighted by atomic mass is 32.2. The van der Waals surface area contributed by atoms with Crippen molar-refractivity contribution >= 4 is 10.1 Å². The van der Waals surface area contributed by atoms with Gasteiger partial charge in [0.1, 0.15) is 0 Å². The molecule has 3 nitrogen and oxygen atoms in total. The largest absolute Gasteiger partial charge is 0.266 e. The Hall–Kier alpha value is -0.350. The summed E-state index contributed by atoms with van der Waals surface area (Å²) in [5.74, 6) is 0.0599. The van der Waals surface area contributed by atoms with Gasteiger partial charge in [-0.2, -0.15) is 8.42 Å². The number of hydrogen-bond donors (Lipinski definition) is 0. The molecule has 0 aromatic rings. The quantitative estimate of drug-likeness (QED) is 0.490. The van der Waals surface area contributed by atoms with E-state index in [4.69, 9.17) is 4.18 Å². The molecule has 2 atom stereocenters. The lowest BCUT2D eigenvalue weighted by molar-refractivity contribution is 0.169. The van der Waals surface area contributed by atoms with Crippen LogP contribution in [0, 0.1) is 5.92 Å². The van der Waals surface area contributed by atoms with Crippen LogP contribution in [-0.2, 0) is 14.3 Å². The molecule has 0 aliphatic heterocycles. The van der Waals surface area contributed by atoms with Crippen LogP contribution in [0.4, 0.5) is 0 Å². The van der Waals surface area contributed by atoms with E-state index in [0.29, 0.717) is 6.42 Å². The Balaban J connectivity index is 4.28. The van der Waals surface area contributed by atoms with Gasteiger partial charge in [0.25, 0.3) is 10.1 Å². The molecule has 0 rings (SSSR count). The minimum absolute atomic E-state index is 0.0599. The van der Waals surface area contributed by atoms with Gasteiger partial charge >= 0.3 is 0 Å². The Labute approximate surface area is 74.6 Å².